The summed E-state index contributed by atoms with van der Waals surface area (Å²) in [6.07, 6.45) is 1.09. The first-order valence-corrected chi connectivity index (χ1v) is 8.34. The maximum Gasteiger partial charge on any atom is 0.324 e. The number of carbonyl (C=O) groups is 1. The number of nitro groups is 1. The van der Waals surface area contributed by atoms with Crippen LogP contribution in [0.3, 0.4) is 0 Å². The Morgan fingerprint density at radius 1 is 1.19 bits per heavy atom. The summed E-state index contributed by atoms with van der Waals surface area (Å²) in [4.78, 5) is 22.2. The molecule has 9 heteroatoms. The number of carbonyl (C=O) groups excluding carboxylic acids is 1. The number of benzene rings is 1. The van der Waals surface area contributed by atoms with Gasteiger partial charge in [-0.25, -0.2) is 8.42 Å². The van der Waals surface area contributed by atoms with E-state index >= 15 is 0 Å². The van der Waals surface area contributed by atoms with Crippen LogP contribution in [0.4, 0.5) is 10.7 Å². The van der Waals surface area contributed by atoms with Gasteiger partial charge < -0.3 is 5.32 Å². The van der Waals surface area contributed by atoms with E-state index < -0.39 is 20.7 Å². The first-order valence-electron chi connectivity index (χ1n) is 5.63. The number of thiophene rings is 1. The van der Waals surface area contributed by atoms with Crippen LogP contribution in [0, 0.1) is 10.1 Å². The largest absolute Gasteiger partial charge is 0.324 e. The first-order chi connectivity index (χ1) is 9.77. The van der Waals surface area contributed by atoms with Crippen molar-refractivity contribution in [3.8, 4) is 0 Å². The fraction of sp³-hybridized carbons (Fsp3) is 0.0833. The van der Waals surface area contributed by atoms with Gasteiger partial charge in [0.15, 0.2) is 9.84 Å². The topological polar surface area (TPSA) is 106 Å². The Morgan fingerprint density at radius 3 is 2.29 bits per heavy atom. The smallest absolute Gasteiger partial charge is 0.321 e. The second-order valence-electron chi connectivity index (χ2n) is 4.15. The molecule has 0 saturated heterocycles. The van der Waals surface area contributed by atoms with Gasteiger partial charge in [-0.1, -0.05) is 11.3 Å². The van der Waals surface area contributed by atoms with Crippen molar-refractivity contribution in [1.82, 2.24) is 0 Å². The van der Waals surface area contributed by atoms with E-state index in [0.29, 0.717) is 5.69 Å². The van der Waals surface area contributed by atoms with Gasteiger partial charge in [-0.3, -0.25) is 14.9 Å². The Balaban J connectivity index is 2.14. The van der Waals surface area contributed by atoms with Crippen LogP contribution in [-0.2, 0) is 9.84 Å². The minimum Gasteiger partial charge on any atom is -0.321 e. The molecule has 0 aliphatic carbocycles. The molecule has 0 radical (unpaired) electrons. The van der Waals surface area contributed by atoms with E-state index in [4.69, 9.17) is 0 Å². The van der Waals surface area contributed by atoms with E-state index in [1.165, 1.54) is 36.4 Å². The fourth-order valence-electron chi connectivity index (χ4n) is 1.53. The van der Waals surface area contributed by atoms with Gasteiger partial charge in [0.1, 0.15) is 0 Å². The zero-order valence-electron chi connectivity index (χ0n) is 10.8. The van der Waals surface area contributed by atoms with Crippen LogP contribution < -0.4 is 5.32 Å². The molecule has 0 atom stereocenters. The molecule has 1 heterocycles. The van der Waals surface area contributed by atoms with Gasteiger partial charge in [-0.2, -0.15) is 0 Å². The quantitative estimate of drug-likeness (QED) is 0.685. The molecule has 21 heavy (non-hydrogen) atoms. The Bertz CT molecular complexity index is 793. The van der Waals surface area contributed by atoms with Crippen molar-refractivity contribution in [1.29, 1.82) is 0 Å². The highest BCUT2D eigenvalue weighted by Crippen LogP contribution is 2.25. The Kier molecular flexibility index (Phi) is 4.05. The van der Waals surface area contributed by atoms with Crippen molar-refractivity contribution < 1.29 is 18.1 Å². The van der Waals surface area contributed by atoms with Crippen LogP contribution in [0.15, 0.2) is 41.3 Å². The van der Waals surface area contributed by atoms with Gasteiger partial charge in [0, 0.05) is 18.0 Å². The molecule has 0 saturated carbocycles. The molecule has 1 amide bonds. The van der Waals surface area contributed by atoms with Crippen LogP contribution >= 0.6 is 11.3 Å². The van der Waals surface area contributed by atoms with Crippen molar-refractivity contribution in [2.75, 3.05) is 11.6 Å². The molecule has 0 unspecified atom stereocenters. The monoisotopic (exact) mass is 326 g/mol. The molecule has 1 aromatic heterocycles. The number of anilines is 1. The molecule has 2 rings (SSSR count). The normalized spacial score (nSPS) is 11.1. The number of sulfone groups is 1. The van der Waals surface area contributed by atoms with Crippen molar-refractivity contribution in [3.63, 3.8) is 0 Å². The predicted molar refractivity (Wildman–Crippen MR) is 78.5 cm³/mol. The number of nitrogens with one attached hydrogen (secondary N) is 1. The number of hydrogen-bond donors (Lipinski definition) is 1. The predicted octanol–water partition coefficient (Wildman–Crippen LogP) is 2.31. The Labute approximate surface area is 124 Å². The average molecular weight is 326 g/mol. The zero-order chi connectivity index (χ0) is 15.6. The molecular formula is C12H10N2O5S2. The Hall–Kier alpha value is -2.26. The van der Waals surface area contributed by atoms with E-state index in [-0.39, 0.29) is 14.8 Å². The number of rotatable bonds is 4. The molecule has 0 bridgehead atoms. The van der Waals surface area contributed by atoms with Crippen LogP contribution in [0.5, 0.6) is 0 Å². The van der Waals surface area contributed by atoms with Crippen molar-refractivity contribution in [2.24, 2.45) is 0 Å². The third-order valence-corrected chi connectivity index (χ3v) is 4.70. The van der Waals surface area contributed by atoms with Crippen molar-refractivity contribution in [3.05, 3.63) is 51.4 Å². The molecule has 0 aliphatic rings. The van der Waals surface area contributed by atoms with Gasteiger partial charge in [0.2, 0.25) is 0 Å². The third-order valence-electron chi connectivity index (χ3n) is 2.54. The van der Waals surface area contributed by atoms with Gasteiger partial charge in [-0.15, -0.1) is 0 Å². The second kappa shape index (κ2) is 5.62. The lowest BCUT2D eigenvalue weighted by atomic mass is 10.3. The molecule has 110 valence electrons. The molecular weight excluding hydrogens is 316 g/mol. The van der Waals surface area contributed by atoms with E-state index in [2.05, 4.69) is 5.32 Å². The van der Waals surface area contributed by atoms with E-state index in [9.17, 15) is 23.3 Å². The lowest BCUT2D eigenvalue weighted by Crippen LogP contribution is -2.10. The van der Waals surface area contributed by atoms with E-state index in [1.54, 1.807) is 0 Å². The maximum absolute atomic E-state index is 11.9. The molecule has 0 fully saturated rings. The third kappa shape index (κ3) is 3.64. The minimum atomic E-state index is -3.29. The Morgan fingerprint density at radius 2 is 1.81 bits per heavy atom. The molecule has 0 aliphatic heterocycles. The summed E-state index contributed by atoms with van der Waals surface area (Å²) in [7, 11) is -3.29. The average Bonchev–Trinajstić information content (AvgIpc) is 2.88. The molecule has 0 spiro atoms. The summed E-state index contributed by atoms with van der Waals surface area (Å²) in [5.74, 6) is -0.486. The minimum absolute atomic E-state index is 0.118. The van der Waals surface area contributed by atoms with Crippen LogP contribution in [0.25, 0.3) is 0 Å². The highest BCUT2D eigenvalue weighted by molar-refractivity contribution is 7.90. The lowest BCUT2D eigenvalue weighted by Gasteiger charge is -2.04. The van der Waals surface area contributed by atoms with Crippen LogP contribution in [0.1, 0.15) is 9.67 Å². The maximum atomic E-state index is 11.9. The standard InChI is InChI=1S/C12H10N2O5S2/c1-21(18,19)9-4-2-8(3-5-9)13-12(15)10-6-7-11(20-10)14(16)17/h2-7H,1H3,(H,13,15). The molecule has 7 nitrogen and oxygen atoms in total. The first kappa shape index (κ1) is 15.1. The highest BCUT2D eigenvalue weighted by atomic mass is 32.2. The summed E-state index contributed by atoms with van der Waals surface area (Å²) in [5, 5.41) is 13.0. The summed E-state index contributed by atoms with van der Waals surface area (Å²) in [5.41, 5.74) is 0.406. The molecule has 2 aromatic rings. The number of nitrogens with zero attached hydrogens (tertiary/aromatic N) is 1. The fourth-order valence-corrected chi connectivity index (χ4v) is 2.87. The van der Waals surface area contributed by atoms with Gasteiger partial charge in [0.25, 0.3) is 5.91 Å². The lowest BCUT2D eigenvalue weighted by molar-refractivity contribution is -0.380. The molecule has 1 N–H and O–H groups in total. The van der Waals surface area contributed by atoms with Crippen molar-refractivity contribution >= 4 is 37.8 Å². The van der Waals surface area contributed by atoms with Gasteiger partial charge in [-0.05, 0) is 30.3 Å². The molecule has 1 aromatic carbocycles. The summed E-state index contributed by atoms with van der Waals surface area (Å²) < 4.78 is 22.6. The van der Waals surface area contributed by atoms with Crippen molar-refractivity contribution in [2.45, 2.75) is 4.90 Å². The zero-order valence-corrected chi connectivity index (χ0v) is 12.4. The summed E-state index contributed by atoms with van der Waals surface area (Å²) in [6.45, 7) is 0. The van der Waals surface area contributed by atoms with Gasteiger partial charge in [0.05, 0.1) is 14.7 Å². The second-order valence-corrected chi connectivity index (χ2v) is 7.22. The number of hydrogen-bond acceptors (Lipinski definition) is 6. The van der Waals surface area contributed by atoms with E-state index in [1.807, 2.05) is 0 Å². The highest BCUT2D eigenvalue weighted by Gasteiger charge is 2.15. The van der Waals surface area contributed by atoms with Crippen LogP contribution in [0.2, 0.25) is 0 Å². The van der Waals surface area contributed by atoms with Gasteiger partial charge >= 0.3 is 5.00 Å². The summed E-state index contributed by atoms with van der Waals surface area (Å²) >= 11 is 0.769. The summed E-state index contributed by atoms with van der Waals surface area (Å²) in [6, 6.07) is 8.28. The SMILES string of the molecule is CS(=O)(=O)c1ccc(NC(=O)c2ccc([N+](=O)[O-])s2)cc1. The van der Waals surface area contributed by atoms with Crippen LogP contribution in [-0.4, -0.2) is 25.5 Å². The number of amides is 1. The van der Waals surface area contributed by atoms with E-state index in [0.717, 1.165) is 17.6 Å².